The number of benzene rings is 1. The molecule has 78 valence electrons. The molecule has 1 aromatic carbocycles. The maximum Gasteiger partial charge on any atom is 0.528 e. The minimum atomic E-state index is -4.37. The van der Waals surface area contributed by atoms with Crippen LogP contribution in [-0.4, -0.2) is 33.0 Å². The lowest BCUT2D eigenvalue weighted by molar-refractivity contribution is 0.249. The van der Waals surface area contributed by atoms with E-state index < -0.39 is 16.4 Å². The van der Waals surface area contributed by atoms with Crippen LogP contribution in [0.5, 0.6) is 0 Å². The third-order valence-electron chi connectivity index (χ3n) is 1.59. The minimum Gasteiger partial charge on any atom is -0.386 e. The first-order valence-electron chi connectivity index (χ1n) is 3.55. The lowest BCUT2D eigenvalue weighted by atomic mass is 10.4. The van der Waals surface area contributed by atoms with Gasteiger partial charge in [-0.3, -0.25) is 4.57 Å². The lowest BCUT2D eigenvalue weighted by Gasteiger charge is -2.10. The Morgan fingerprint density at radius 3 is 1.71 bits per heavy atom. The number of rotatable bonds is 2. The maximum atomic E-state index is 10.7. The van der Waals surface area contributed by atoms with Crippen LogP contribution in [-0.2, 0) is 4.57 Å². The van der Waals surface area contributed by atoms with Crippen molar-refractivity contribution < 1.29 is 28.7 Å². The van der Waals surface area contributed by atoms with E-state index in [1.165, 1.54) is 0 Å². The normalized spacial score (nSPS) is 12.9. The summed E-state index contributed by atoms with van der Waals surface area (Å²) in [6, 6.07) is 4.22. The van der Waals surface area contributed by atoms with Gasteiger partial charge in [0.1, 0.15) is 0 Å². The zero-order chi connectivity index (χ0) is 11.0. The summed E-state index contributed by atoms with van der Waals surface area (Å²) < 4.78 is 10.7. The van der Waals surface area contributed by atoms with Crippen LogP contribution < -0.4 is 10.5 Å². The van der Waals surface area contributed by atoms with Gasteiger partial charge in [0, 0.05) is 5.19 Å². The van der Waals surface area contributed by atoms with Gasteiger partial charge in [0.15, 0.2) is 0 Å². The predicted molar refractivity (Wildman–Crippen MR) is 50.2 cm³/mol. The van der Waals surface area contributed by atoms with Crippen LogP contribution in [0.4, 0.5) is 0 Å². The van der Waals surface area contributed by atoms with Crippen molar-refractivity contribution in [3.63, 3.8) is 0 Å². The molecule has 0 heterocycles. The monoisotopic (exact) mass is 236 g/mol. The Morgan fingerprint density at radius 1 is 1.00 bits per heavy atom. The summed E-state index contributed by atoms with van der Waals surface area (Å²) in [5, 5.41) is -0.366. The van der Waals surface area contributed by atoms with Gasteiger partial charge in [-0.25, -0.2) is 0 Å². The molecular weight excluding hydrogens is 227 g/mol. The van der Waals surface area contributed by atoms with E-state index in [-0.39, 0.29) is 10.5 Å². The Morgan fingerprint density at radius 2 is 1.43 bits per heavy atom. The first-order valence-corrected chi connectivity index (χ1v) is 7.00. The van der Waals surface area contributed by atoms with Crippen LogP contribution in [0.1, 0.15) is 0 Å². The van der Waals surface area contributed by atoms with E-state index in [4.69, 9.17) is 24.2 Å². The molecule has 0 saturated heterocycles. The molecule has 14 heavy (non-hydrogen) atoms. The summed E-state index contributed by atoms with van der Waals surface area (Å²) in [4.78, 5) is 44.0. The smallest absolute Gasteiger partial charge is 0.386 e. The van der Waals surface area contributed by atoms with Crippen molar-refractivity contribution in [3.8, 4) is 0 Å². The second-order valence-corrected chi connectivity index (χ2v) is 6.18. The van der Waals surface area contributed by atoms with Gasteiger partial charge in [0.05, 0.1) is 5.30 Å². The molecule has 0 aliphatic rings. The van der Waals surface area contributed by atoms with E-state index in [0.717, 1.165) is 24.3 Å². The quantitative estimate of drug-likeness (QED) is 0.289. The van der Waals surface area contributed by atoms with Gasteiger partial charge in [-0.05, 0) is 12.1 Å². The largest absolute Gasteiger partial charge is 0.528 e. The third-order valence-corrected chi connectivity index (χ3v) is 3.67. The third kappa shape index (κ3) is 2.73. The topological polar surface area (TPSA) is 118 Å². The molecule has 0 fully saturated rings. The van der Waals surface area contributed by atoms with Crippen molar-refractivity contribution in [2.75, 3.05) is 0 Å². The van der Waals surface area contributed by atoms with E-state index in [1.54, 1.807) is 0 Å². The summed E-state index contributed by atoms with van der Waals surface area (Å²) >= 11 is 0. The van der Waals surface area contributed by atoms with Gasteiger partial charge in [0.2, 0.25) is 0 Å². The summed E-state index contributed by atoms with van der Waals surface area (Å²) in [5.41, 5.74) is 0. The molecule has 0 bridgehead atoms. The molecular formula is C6H9O6PSi. The molecule has 0 radical (unpaired) electrons. The molecule has 0 unspecified atom stereocenters. The lowest BCUT2D eigenvalue weighted by Crippen LogP contribution is -2.48. The first kappa shape index (κ1) is 11.5. The molecule has 1 aromatic rings. The Hall–Kier alpha value is -0.533. The second-order valence-electron chi connectivity index (χ2n) is 2.73. The van der Waals surface area contributed by atoms with Crippen molar-refractivity contribution in [3.05, 3.63) is 24.3 Å². The van der Waals surface area contributed by atoms with Gasteiger partial charge in [-0.15, -0.1) is 0 Å². The molecule has 0 saturated carbocycles. The highest BCUT2D eigenvalue weighted by Crippen LogP contribution is 2.32. The summed E-state index contributed by atoms with van der Waals surface area (Å²) in [5.74, 6) is 0. The van der Waals surface area contributed by atoms with Crippen molar-refractivity contribution in [2.45, 2.75) is 0 Å². The fourth-order valence-corrected chi connectivity index (χ4v) is 2.03. The fraction of sp³-hybridized carbons (Fsp3) is 0. The van der Waals surface area contributed by atoms with Crippen molar-refractivity contribution in [1.29, 1.82) is 0 Å². The average molecular weight is 236 g/mol. The van der Waals surface area contributed by atoms with Gasteiger partial charge in [-0.1, -0.05) is 12.1 Å². The van der Waals surface area contributed by atoms with E-state index in [0.29, 0.717) is 0 Å². The molecule has 0 aliphatic heterocycles. The highest BCUT2D eigenvalue weighted by molar-refractivity contribution is 7.60. The Labute approximate surface area is 80.6 Å². The fourth-order valence-electron chi connectivity index (χ4n) is 0.879. The van der Waals surface area contributed by atoms with E-state index in [1.807, 2.05) is 0 Å². The zero-order valence-corrected chi connectivity index (χ0v) is 8.80. The van der Waals surface area contributed by atoms with Gasteiger partial charge < -0.3 is 24.2 Å². The molecule has 1 rings (SSSR count). The van der Waals surface area contributed by atoms with Crippen molar-refractivity contribution in [2.24, 2.45) is 0 Å². The molecule has 5 N–H and O–H groups in total. The van der Waals surface area contributed by atoms with E-state index >= 15 is 0 Å². The maximum absolute atomic E-state index is 10.7. The average Bonchev–Trinajstić information content (AvgIpc) is 2.01. The number of hydrogen-bond acceptors (Lipinski definition) is 4. The van der Waals surface area contributed by atoms with Crippen LogP contribution in [0.3, 0.4) is 0 Å². The van der Waals surface area contributed by atoms with E-state index in [9.17, 15) is 4.57 Å². The molecule has 6 nitrogen and oxygen atoms in total. The number of hydrogen-bond donors (Lipinski definition) is 5. The zero-order valence-electron chi connectivity index (χ0n) is 6.90. The molecule has 8 heteroatoms. The molecule has 0 aromatic heterocycles. The molecule has 0 spiro atoms. The molecule has 0 amide bonds. The van der Waals surface area contributed by atoms with Gasteiger partial charge >= 0.3 is 16.4 Å². The van der Waals surface area contributed by atoms with Crippen LogP contribution in [0, 0.1) is 0 Å². The van der Waals surface area contributed by atoms with Crippen LogP contribution >= 0.6 is 7.60 Å². The molecule has 0 atom stereocenters. The Bertz CT molecular complexity index is 363. The van der Waals surface area contributed by atoms with Gasteiger partial charge in [-0.2, -0.15) is 0 Å². The second kappa shape index (κ2) is 3.56. The first-order chi connectivity index (χ1) is 6.21. The standard InChI is InChI=1S/C6H9O6PSi/c7-13(8,9)5-1-3-6(4-2-5)14(10,11)12/h1-4,10-12H,(H2,7,8,9). The van der Waals surface area contributed by atoms with Crippen molar-refractivity contribution in [1.82, 2.24) is 0 Å². The SMILES string of the molecule is O=P(O)(O)c1ccc([Si](O)(O)O)cc1. The predicted octanol–water partition coefficient (Wildman–Crippen LogP) is -2.39. The van der Waals surface area contributed by atoms with Gasteiger partial charge in [0.25, 0.3) is 0 Å². The molecule has 0 aliphatic carbocycles. The summed E-state index contributed by atoms with van der Waals surface area (Å²) in [6.07, 6.45) is 0. The highest BCUT2D eigenvalue weighted by Gasteiger charge is 2.30. The van der Waals surface area contributed by atoms with E-state index in [2.05, 4.69) is 0 Å². The minimum absolute atomic E-state index is 0.130. The Balaban J connectivity index is 3.08. The van der Waals surface area contributed by atoms with Crippen LogP contribution in [0.15, 0.2) is 24.3 Å². The van der Waals surface area contributed by atoms with Crippen LogP contribution in [0.25, 0.3) is 0 Å². The highest BCUT2D eigenvalue weighted by atomic mass is 31.2. The summed E-state index contributed by atoms with van der Waals surface area (Å²) in [7, 11) is -8.69. The van der Waals surface area contributed by atoms with Crippen LogP contribution in [0.2, 0.25) is 0 Å². The Kier molecular flexibility index (Phi) is 2.93. The van der Waals surface area contributed by atoms with Crippen molar-refractivity contribution >= 4 is 26.9 Å². The summed E-state index contributed by atoms with van der Waals surface area (Å²) in [6.45, 7) is 0.